The summed E-state index contributed by atoms with van der Waals surface area (Å²) in [5.74, 6) is 0.425. The molecule has 0 aromatic heterocycles. The standard InChI is InChI=1S/C17H27N3O3/c1-12(2)23-15-7-5-14(6-8-15)9-10-19-17(22)20(4)13(3)11-16(18)21/h5-8,12-13H,9-11H2,1-4H3,(H2,18,21)(H,19,22). The molecule has 3 amide bonds. The van der Waals surface area contributed by atoms with Crippen molar-refractivity contribution in [2.75, 3.05) is 13.6 Å². The molecule has 1 aromatic carbocycles. The molecule has 6 nitrogen and oxygen atoms in total. The van der Waals surface area contributed by atoms with Gasteiger partial charge in [-0.15, -0.1) is 0 Å². The Balaban J connectivity index is 2.38. The zero-order valence-electron chi connectivity index (χ0n) is 14.3. The third-order valence-corrected chi connectivity index (χ3v) is 3.46. The number of urea groups is 1. The number of nitrogens with one attached hydrogen (secondary N) is 1. The van der Waals surface area contributed by atoms with Crippen LogP contribution < -0.4 is 15.8 Å². The van der Waals surface area contributed by atoms with E-state index >= 15 is 0 Å². The molecule has 0 saturated heterocycles. The number of amides is 3. The van der Waals surface area contributed by atoms with Gasteiger partial charge in [0.05, 0.1) is 6.10 Å². The summed E-state index contributed by atoms with van der Waals surface area (Å²) in [5, 5.41) is 2.84. The highest BCUT2D eigenvalue weighted by molar-refractivity contribution is 5.77. The number of primary amides is 1. The van der Waals surface area contributed by atoms with E-state index in [0.717, 1.165) is 17.7 Å². The zero-order chi connectivity index (χ0) is 17.4. The molecule has 0 aliphatic carbocycles. The number of ether oxygens (including phenoxy) is 1. The minimum Gasteiger partial charge on any atom is -0.491 e. The van der Waals surface area contributed by atoms with Crippen LogP contribution in [0.4, 0.5) is 4.79 Å². The van der Waals surface area contributed by atoms with E-state index in [-0.39, 0.29) is 24.6 Å². The number of rotatable bonds is 8. The van der Waals surface area contributed by atoms with Crippen molar-refractivity contribution >= 4 is 11.9 Å². The fourth-order valence-electron chi connectivity index (χ4n) is 2.07. The molecule has 3 N–H and O–H groups in total. The van der Waals surface area contributed by atoms with Gasteiger partial charge in [-0.05, 0) is 44.9 Å². The first-order valence-corrected chi connectivity index (χ1v) is 7.84. The van der Waals surface area contributed by atoms with E-state index in [1.807, 2.05) is 38.1 Å². The van der Waals surface area contributed by atoms with Gasteiger partial charge in [-0.2, -0.15) is 0 Å². The lowest BCUT2D eigenvalue weighted by Crippen LogP contribution is -2.44. The van der Waals surface area contributed by atoms with Crippen molar-refractivity contribution < 1.29 is 14.3 Å². The first kappa shape index (κ1) is 18.8. The second kappa shape index (κ2) is 9.02. The van der Waals surface area contributed by atoms with Gasteiger partial charge >= 0.3 is 6.03 Å². The van der Waals surface area contributed by atoms with Gasteiger partial charge in [0.1, 0.15) is 5.75 Å². The van der Waals surface area contributed by atoms with Gasteiger partial charge in [-0.3, -0.25) is 4.79 Å². The van der Waals surface area contributed by atoms with Crippen LogP contribution in [0.1, 0.15) is 32.8 Å². The van der Waals surface area contributed by atoms with Crippen LogP contribution >= 0.6 is 0 Å². The van der Waals surface area contributed by atoms with Gasteiger partial charge < -0.3 is 20.7 Å². The van der Waals surface area contributed by atoms with E-state index in [2.05, 4.69) is 5.32 Å². The minimum atomic E-state index is -0.416. The summed E-state index contributed by atoms with van der Waals surface area (Å²) in [5.41, 5.74) is 6.26. The maximum atomic E-state index is 12.0. The zero-order valence-corrected chi connectivity index (χ0v) is 14.3. The van der Waals surface area contributed by atoms with Crippen LogP contribution in [-0.2, 0) is 11.2 Å². The molecule has 1 rings (SSSR count). The molecule has 0 aliphatic heterocycles. The predicted octanol–water partition coefficient (Wildman–Crippen LogP) is 1.92. The van der Waals surface area contributed by atoms with E-state index in [0.29, 0.717) is 6.54 Å². The quantitative estimate of drug-likeness (QED) is 0.767. The average Bonchev–Trinajstić information content (AvgIpc) is 2.46. The summed E-state index contributed by atoms with van der Waals surface area (Å²) in [7, 11) is 1.65. The average molecular weight is 321 g/mol. The summed E-state index contributed by atoms with van der Waals surface area (Å²) in [6, 6.07) is 7.40. The molecule has 0 fully saturated rings. The fraction of sp³-hybridized carbons (Fsp3) is 0.529. The molecule has 1 aromatic rings. The van der Waals surface area contributed by atoms with E-state index in [4.69, 9.17) is 10.5 Å². The Labute approximate surface area is 138 Å². The lowest BCUT2D eigenvalue weighted by atomic mass is 10.1. The third-order valence-electron chi connectivity index (χ3n) is 3.46. The van der Waals surface area contributed by atoms with Crippen molar-refractivity contribution in [1.82, 2.24) is 10.2 Å². The topological polar surface area (TPSA) is 84.7 Å². The van der Waals surface area contributed by atoms with Crippen molar-refractivity contribution in [3.05, 3.63) is 29.8 Å². The highest BCUT2D eigenvalue weighted by Gasteiger charge is 2.16. The maximum absolute atomic E-state index is 12.0. The first-order valence-electron chi connectivity index (χ1n) is 7.84. The Morgan fingerprint density at radius 2 is 1.83 bits per heavy atom. The van der Waals surface area contributed by atoms with Gasteiger partial charge in [0, 0.05) is 26.1 Å². The third kappa shape index (κ3) is 7.04. The summed E-state index contributed by atoms with van der Waals surface area (Å²) in [6.45, 7) is 6.28. The second-order valence-electron chi connectivity index (χ2n) is 5.92. The van der Waals surface area contributed by atoms with E-state index in [9.17, 15) is 9.59 Å². The molecule has 1 unspecified atom stereocenters. The number of hydrogen-bond donors (Lipinski definition) is 2. The summed E-state index contributed by atoms with van der Waals surface area (Å²) in [4.78, 5) is 24.3. The summed E-state index contributed by atoms with van der Waals surface area (Å²) in [6.07, 6.45) is 1.03. The van der Waals surface area contributed by atoms with E-state index in [1.54, 1.807) is 14.0 Å². The summed E-state index contributed by atoms with van der Waals surface area (Å²) < 4.78 is 5.59. The van der Waals surface area contributed by atoms with Crippen molar-refractivity contribution in [3.63, 3.8) is 0 Å². The smallest absolute Gasteiger partial charge is 0.317 e. The van der Waals surface area contributed by atoms with Gasteiger partial charge in [0.25, 0.3) is 0 Å². The Morgan fingerprint density at radius 1 is 1.22 bits per heavy atom. The van der Waals surface area contributed by atoms with Crippen molar-refractivity contribution in [3.8, 4) is 5.75 Å². The van der Waals surface area contributed by atoms with Crippen LogP contribution in [0.3, 0.4) is 0 Å². The van der Waals surface area contributed by atoms with Gasteiger partial charge in [0.15, 0.2) is 0 Å². The number of nitrogens with zero attached hydrogens (tertiary/aromatic N) is 1. The molecule has 1 atom stereocenters. The Hall–Kier alpha value is -2.24. The van der Waals surface area contributed by atoms with Crippen LogP contribution in [0.15, 0.2) is 24.3 Å². The van der Waals surface area contributed by atoms with Crippen molar-refractivity contribution in [1.29, 1.82) is 0 Å². The number of nitrogens with two attached hydrogens (primary N) is 1. The molecule has 0 bridgehead atoms. The Bertz CT molecular complexity index is 514. The molecule has 0 spiro atoms. The SMILES string of the molecule is CC(C)Oc1ccc(CCNC(=O)N(C)C(C)CC(N)=O)cc1. The lowest BCUT2D eigenvalue weighted by molar-refractivity contribution is -0.118. The predicted molar refractivity (Wildman–Crippen MR) is 90.3 cm³/mol. The second-order valence-corrected chi connectivity index (χ2v) is 5.92. The fourth-order valence-corrected chi connectivity index (χ4v) is 2.07. The molecule has 23 heavy (non-hydrogen) atoms. The van der Waals surface area contributed by atoms with Gasteiger partial charge in [0.2, 0.25) is 5.91 Å². The molecule has 0 heterocycles. The van der Waals surface area contributed by atoms with E-state index < -0.39 is 5.91 Å². The molecule has 0 radical (unpaired) electrons. The number of hydrogen-bond acceptors (Lipinski definition) is 3. The molecule has 0 aliphatic rings. The molecule has 6 heteroatoms. The highest BCUT2D eigenvalue weighted by Crippen LogP contribution is 2.14. The van der Waals surface area contributed by atoms with Crippen LogP contribution in [0.25, 0.3) is 0 Å². The van der Waals surface area contributed by atoms with Crippen LogP contribution in [0, 0.1) is 0 Å². The molecule has 128 valence electrons. The normalized spacial score (nSPS) is 11.9. The van der Waals surface area contributed by atoms with Gasteiger partial charge in [-0.1, -0.05) is 12.1 Å². The van der Waals surface area contributed by atoms with E-state index in [1.165, 1.54) is 4.90 Å². The summed E-state index contributed by atoms with van der Waals surface area (Å²) >= 11 is 0. The monoisotopic (exact) mass is 321 g/mol. The molecular formula is C17H27N3O3. The van der Waals surface area contributed by atoms with Crippen molar-refractivity contribution in [2.45, 2.75) is 45.8 Å². The molecule has 0 saturated carbocycles. The van der Waals surface area contributed by atoms with Gasteiger partial charge in [-0.25, -0.2) is 4.79 Å². The maximum Gasteiger partial charge on any atom is 0.317 e. The van der Waals surface area contributed by atoms with Crippen LogP contribution in [0.5, 0.6) is 5.75 Å². The minimum absolute atomic E-state index is 0.151. The Kier molecular flexibility index (Phi) is 7.38. The number of carbonyl (C=O) groups is 2. The Morgan fingerprint density at radius 3 is 2.35 bits per heavy atom. The van der Waals surface area contributed by atoms with Crippen LogP contribution in [0.2, 0.25) is 0 Å². The largest absolute Gasteiger partial charge is 0.491 e. The van der Waals surface area contributed by atoms with Crippen LogP contribution in [-0.4, -0.2) is 42.6 Å². The highest BCUT2D eigenvalue weighted by atomic mass is 16.5. The molecular weight excluding hydrogens is 294 g/mol. The number of carbonyl (C=O) groups excluding carboxylic acids is 2. The lowest BCUT2D eigenvalue weighted by Gasteiger charge is -2.24. The van der Waals surface area contributed by atoms with Crippen molar-refractivity contribution in [2.24, 2.45) is 5.73 Å². The first-order chi connectivity index (χ1) is 10.8. The number of benzene rings is 1.